The lowest BCUT2D eigenvalue weighted by atomic mass is 10.0. The molecule has 2 aromatic heterocycles. The number of aromatic nitrogens is 3. The summed E-state index contributed by atoms with van der Waals surface area (Å²) in [6.45, 7) is 2.41. The molecule has 1 saturated heterocycles. The maximum absolute atomic E-state index is 14.5. The number of piperazine rings is 1. The molecule has 3 heterocycles. The molecule has 1 aliphatic rings. The normalized spacial score (nSPS) is 14.1. The van der Waals surface area contributed by atoms with Crippen LogP contribution in [0.15, 0.2) is 29.5 Å². The predicted octanol–water partition coefficient (Wildman–Crippen LogP) is 5.74. The Bertz CT molecular complexity index is 1850. The smallest absolute Gasteiger partial charge is 0.433 e. The average Bonchev–Trinajstić information content (AvgIpc) is 3.42. The van der Waals surface area contributed by atoms with Crippen molar-refractivity contribution in [2.75, 3.05) is 33.3 Å². The molecule has 0 spiro atoms. The first-order chi connectivity index (χ1) is 21.3. The number of nitrogens with zero attached hydrogens (tertiary/aromatic N) is 7. The van der Waals surface area contributed by atoms with Gasteiger partial charge < -0.3 is 9.64 Å². The third-order valence-electron chi connectivity index (χ3n) is 7.57. The van der Waals surface area contributed by atoms with E-state index >= 15 is 0 Å². The minimum absolute atomic E-state index is 0.00122. The molecule has 17 heteroatoms. The van der Waals surface area contributed by atoms with Gasteiger partial charge in [-0.1, -0.05) is 0 Å². The highest BCUT2D eigenvalue weighted by Gasteiger charge is 2.39. The number of aryl methyl sites for hydroxylation is 1. The fraction of sp³-hybridized carbons (Fsp3) is 0.321. The SMILES string of the molecule is COc1ccc(-c2nc3c(C(=O)N4CCN(Cc5c(F)c(F)c(N=[N+]=N)c(F)c5F)CC4)cnn3c(C(F)(F)F)c2C)cc1C. The summed E-state index contributed by atoms with van der Waals surface area (Å²) >= 11 is 0. The lowest BCUT2D eigenvalue weighted by Gasteiger charge is -2.34. The zero-order chi connectivity index (χ0) is 32.8. The van der Waals surface area contributed by atoms with Gasteiger partial charge in [0.15, 0.2) is 39.7 Å². The summed E-state index contributed by atoms with van der Waals surface area (Å²) < 4.78 is 106. The predicted molar refractivity (Wildman–Crippen MR) is 144 cm³/mol. The molecule has 1 fully saturated rings. The molecule has 0 bridgehead atoms. The highest BCUT2D eigenvalue weighted by atomic mass is 19.4. The highest BCUT2D eigenvalue weighted by Crippen LogP contribution is 2.37. The summed E-state index contributed by atoms with van der Waals surface area (Å²) in [6.07, 6.45) is -3.84. The van der Waals surface area contributed by atoms with Crippen molar-refractivity contribution < 1.29 is 40.3 Å². The third kappa shape index (κ3) is 5.60. The van der Waals surface area contributed by atoms with Crippen LogP contribution in [0.5, 0.6) is 5.75 Å². The Morgan fingerprint density at radius 1 is 1.04 bits per heavy atom. The van der Waals surface area contributed by atoms with Crippen molar-refractivity contribution in [3.05, 3.63) is 75.6 Å². The largest absolute Gasteiger partial charge is 0.496 e. The number of halogens is 7. The van der Waals surface area contributed by atoms with E-state index in [1.807, 2.05) is 0 Å². The first kappa shape index (κ1) is 31.5. The van der Waals surface area contributed by atoms with Crippen LogP contribution in [0.2, 0.25) is 0 Å². The van der Waals surface area contributed by atoms with Crippen LogP contribution in [0.25, 0.3) is 16.9 Å². The minimum atomic E-state index is -4.84. The van der Waals surface area contributed by atoms with Crippen LogP contribution < -0.4 is 9.65 Å². The second-order valence-corrected chi connectivity index (χ2v) is 10.3. The van der Waals surface area contributed by atoms with Gasteiger partial charge in [0.1, 0.15) is 16.8 Å². The van der Waals surface area contributed by atoms with Crippen LogP contribution >= 0.6 is 0 Å². The molecule has 236 valence electrons. The monoisotopic (exact) mass is 637 g/mol. The molecule has 4 aromatic rings. The van der Waals surface area contributed by atoms with Gasteiger partial charge >= 0.3 is 6.18 Å². The van der Waals surface area contributed by atoms with E-state index in [-0.39, 0.29) is 48.6 Å². The van der Waals surface area contributed by atoms with Crippen molar-refractivity contribution in [2.24, 2.45) is 5.11 Å². The molecular weight excluding hydrogens is 613 g/mol. The van der Waals surface area contributed by atoms with Crippen molar-refractivity contribution in [3.63, 3.8) is 0 Å². The Hall–Kier alpha value is -4.89. The van der Waals surface area contributed by atoms with Gasteiger partial charge in [-0.05, 0) is 37.6 Å². The Labute approximate surface area is 250 Å². The number of nitrogens with one attached hydrogen (secondary N) is 1. The summed E-state index contributed by atoms with van der Waals surface area (Å²) in [4.78, 5) is 23.1. The number of benzene rings is 2. The van der Waals surface area contributed by atoms with Gasteiger partial charge in [-0.2, -0.15) is 18.3 Å². The number of hydrogen-bond acceptors (Lipinski definition) is 7. The molecule has 0 saturated carbocycles. The second kappa shape index (κ2) is 11.9. The van der Waals surface area contributed by atoms with Crippen molar-refractivity contribution in [1.29, 1.82) is 5.53 Å². The van der Waals surface area contributed by atoms with Gasteiger partial charge in [0, 0.05) is 49.4 Å². The lowest BCUT2D eigenvalue weighted by Crippen LogP contribution is -2.48. The topological polar surface area (TPSA) is 113 Å². The minimum Gasteiger partial charge on any atom is -0.496 e. The number of rotatable bonds is 6. The van der Waals surface area contributed by atoms with Crippen LogP contribution in [-0.4, -0.2) is 63.6 Å². The number of amides is 1. The second-order valence-electron chi connectivity index (χ2n) is 10.3. The van der Waals surface area contributed by atoms with Crippen LogP contribution in [0.1, 0.15) is 32.7 Å². The van der Waals surface area contributed by atoms with Crippen molar-refractivity contribution in [1.82, 2.24) is 29.3 Å². The maximum Gasteiger partial charge on any atom is 0.433 e. The van der Waals surface area contributed by atoms with Crippen molar-refractivity contribution >= 4 is 17.2 Å². The van der Waals surface area contributed by atoms with Gasteiger partial charge in [-0.25, -0.2) is 27.1 Å². The molecule has 0 aliphatic carbocycles. The number of fused-ring (bicyclic) bond motifs is 1. The fourth-order valence-electron chi connectivity index (χ4n) is 5.31. The summed E-state index contributed by atoms with van der Waals surface area (Å²) in [5.41, 5.74) is 3.53. The standard InChI is InChI=1S/C28H24F7N8O2/c1-13-10-15(4-5-18(13)45-3)23-14(2)25(28(33,34)35)43-26(38-23)16(11-37-43)27(44)42-8-6-41(7-9-42)12-17-19(29)21(31)24(39-40-36)22(32)20(17)30/h4-5,10-11,36H,6-9,12H2,1-3H3/q+1. The Kier molecular flexibility index (Phi) is 8.33. The lowest BCUT2D eigenvalue weighted by molar-refractivity contribution is -0.143. The van der Waals surface area contributed by atoms with E-state index in [2.05, 4.69) is 20.1 Å². The summed E-state index contributed by atoms with van der Waals surface area (Å²) in [7, 11) is 1.46. The third-order valence-corrected chi connectivity index (χ3v) is 7.57. The first-order valence-electron chi connectivity index (χ1n) is 13.3. The van der Waals surface area contributed by atoms with E-state index in [1.54, 1.807) is 25.1 Å². The molecule has 0 radical (unpaired) electrons. The molecule has 0 unspecified atom stereocenters. The van der Waals surface area contributed by atoms with Gasteiger partial charge in [0.2, 0.25) is 10.6 Å². The van der Waals surface area contributed by atoms with Gasteiger partial charge in [-0.15, -0.1) is 0 Å². The average molecular weight is 638 g/mol. The molecule has 1 aliphatic heterocycles. The molecule has 1 N–H and O–H groups in total. The van der Waals surface area contributed by atoms with E-state index in [0.29, 0.717) is 21.4 Å². The van der Waals surface area contributed by atoms with Crippen molar-refractivity contribution in [3.8, 4) is 17.0 Å². The summed E-state index contributed by atoms with van der Waals surface area (Å²) in [6, 6.07) is 4.78. The van der Waals surface area contributed by atoms with Gasteiger partial charge in [-0.3, -0.25) is 9.69 Å². The molecular formula is C28H24F7N8O2+. The van der Waals surface area contributed by atoms with Gasteiger partial charge in [0.25, 0.3) is 5.91 Å². The van der Waals surface area contributed by atoms with Crippen LogP contribution in [0.4, 0.5) is 36.4 Å². The number of carbonyl (C=O) groups excluding carboxylic acids is 1. The fourth-order valence-corrected chi connectivity index (χ4v) is 5.31. The first-order valence-corrected chi connectivity index (χ1v) is 13.3. The van der Waals surface area contributed by atoms with Crippen LogP contribution in [0, 0.1) is 42.6 Å². The van der Waals surface area contributed by atoms with Crippen LogP contribution in [0.3, 0.4) is 0 Å². The molecule has 5 rings (SSSR count). The van der Waals surface area contributed by atoms with Crippen LogP contribution in [-0.2, 0) is 12.7 Å². The molecule has 2 aromatic carbocycles. The van der Waals surface area contributed by atoms with E-state index in [9.17, 15) is 35.5 Å². The van der Waals surface area contributed by atoms with E-state index in [0.717, 1.165) is 6.20 Å². The molecule has 0 atom stereocenters. The summed E-state index contributed by atoms with van der Waals surface area (Å²) in [5, 5.41) is 6.62. The maximum atomic E-state index is 14.5. The molecule has 10 nitrogen and oxygen atoms in total. The Morgan fingerprint density at radius 2 is 1.69 bits per heavy atom. The molecule has 1 amide bonds. The number of hydrogen-bond donors (Lipinski definition) is 1. The Balaban J connectivity index is 1.43. The zero-order valence-corrected chi connectivity index (χ0v) is 23.9. The highest BCUT2D eigenvalue weighted by molar-refractivity contribution is 6.00. The number of alkyl halides is 3. The van der Waals surface area contributed by atoms with E-state index in [1.165, 1.54) is 23.8 Å². The number of carbonyl (C=O) groups is 1. The zero-order valence-electron chi connectivity index (χ0n) is 23.9. The summed E-state index contributed by atoms with van der Waals surface area (Å²) in [5.74, 6) is -7.12. The van der Waals surface area contributed by atoms with E-state index < -0.39 is 58.8 Å². The van der Waals surface area contributed by atoms with E-state index in [4.69, 9.17) is 10.3 Å². The Morgan fingerprint density at radius 3 is 2.24 bits per heavy atom. The molecule has 45 heavy (non-hydrogen) atoms. The van der Waals surface area contributed by atoms with Crippen molar-refractivity contribution in [2.45, 2.75) is 26.6 Å². The quantitative estimate of drug-likeness (QED) is 0.126. The number of methoxy groups -OCH3 is 1. The number of ether oxygens (including phenoxy) is 1. The van der Waals surface area contributed by atoms with Gasteiger partial charge in [0.05, 0.1) is 19.0 Å².